The van der Waals surface area contributed by atoms with E-state index < -0.39 is 6.04 Å². The summed E-state index contributed by atoms with van der Waals surface area (Å²) in [6.45, 7) is 5.62. The molecule has 8 heteroatoms. The second kappa shape index (κ2) is 11.3. The van der Waals surface area contributed by atoms with Crippen molar-refractivity contribution in [2.45, 2.75) is 38.3 Å². The van der Waals surface area contributed by atoms with Gasteiger partial charge in [-0.2, -0.15) is 0 Å². The number of nitrogens with one attached hydrogen (secondary N) is 1. The molecule has 2 amide bonds. The number of piperidine rings is 1. The summed E-state index contributed by atoms with van der Waals surface area (Å²) in [5.74, 6) is 1.36. The molecule has 2 heterocycles. The Kier molecular flexibility index (Phi) is 8.54. The predicted octanol–water partition coefficient (Wildman–Crippen LogP) is 1.34. The molecule has 1 aromatic carbocycles. The number of ether oxygens (including phenoxy) is 2. The van der Waals surface area contributed by atoms with Gasteiger partial charge in [-0.15, -0.1) is 0 Å². The molecule has 172 valence electrons. The number of methoxy groups -OCH3 is 2. The summed E-state index contributed by atoms with van der Waals surface area (Å²) in [5.41, 5.74) is 0.967. The molecular formula is C23H36N4O4. The summed E-state index contributed by atoms with van der Waals surface area (Å²) in [5, 5.41) is 2.91. The molecule has 0 radical (unpaired) electrons. The van der Waals surface area contributed by atoms with Gasteiger partial charge in [0, 0.05) is 51.4 Å². The van der Waals surface area contributed by atoms with Gasteiger partial charge in [-0.25, -0.2) is 0 Å². The molecule has 1 unspecified atom stereocenters. The van der Waals surface area contributed by atoms with Gasteiger partial charge in [0.1, 0.15) is 11.5 Å². The Morgan fingerprint density at radius 1 is 1.16 bits per heavy atom. The van der Waals surface area contributed by atoms with Gasteiger partial charge in [-0.05, 0) is 32.0 Å². The number of carbonyl (C=O) groups is 2. The van der Waals surface area contributed by atoms with Crippen LogP contribution in [0.2, 0.25) is 0 Å². The van der Waals surface area contributed by atoms with Gasteiger partial charge in [-0.1, -0.05) is 12.5 Å². The number of rotatable bonds is 9. The van der Waals surface area contributed by atoms with Crippen LogP contribution in [0.1, 0.15) is 31.2 Å². The van der Waals surface area contributed by atoms with E-state index in [0.717, 1.165) is 30.9 Å². The van der Waals surface area contributed by atoms with Crippen molar-refractivity contribution in [2.75, 3.05) is 60.5 Å². The van der Waals surface area contributed by atoms with Crippen LogP contribution in [0, 0.1) is 0 Å². The molecule has 31 heavy (non-hydrogen) atoms. The zero-order chi connectivity index (χ0) is 22.2. The lowest BCUT2D eigenvalue weighted by atomic mass is 10.1. The highest BCUT2D eigenvalue weighted by Gasteiger charge is 2.33. The highest BCUT2D eigenvalue weighted by molar-refractivity contribution is 5.88. The van der Waals surface area contributed by atoms with Crippen molar-refractivity contribution in [3.05, 3.63) is 23.8 Å². The summed E-state index contributed by atoms with van der Waals surface area (Å²) >= 11 is 0. The van der Waals surface area contributed by atoms with Crippen molar-refractivity contribution in [3.8, 4) is 11.5 Å². The average molecular weight is 433 g/mol. The lowest BCUT2D eigenvalue weighted by Crippen LogP contribution is -2.56. The molecule has 0 spiro atoms. The minimum absolute atomic E-state index is 0.00533. The van der Waals surface area contributed by atoms with Crippen molar-refractivity contribution >= 4 is 11.8 Å². The van der Waals surface area contributed by atoms with Crippen molar-refractivity contribution in [1.82, 2.24) is 20.0 Å². The van der Waals surface area contributed by atoms with Crippen LogP contribution in [0.15, 0.2) is 18.2 Å². The fraction of sp³-hybridized carbons (Fsp3) is 0.652. The molecule has 2 aliphatic heterocycles. The van der Waals surface area contributed by atoms with Crippen LogP contribution < -0.4 is 14.8 Å². The first-order valence-corrected chi connectivity index (χ1v) is 11.2. The number of likely N-dealkylation sites (N-methyl/N-ethyl adjacent to an activating group) is 1. The number of nitrogens with zero attached hydrogens (tertiary/aromatic N) is 3. The van der Waals surface area contributed by atoms with E-state index in [1.54, 1.807) is 19.1 Å². The number of hydrogen-bond acceptors (Lipinski definition) is 6. The number of amides is 2. The van der Waals surface area contributed by atoms with Gasteiger partial charge in [0.15, 0.2) is 0 Å². The SMILES string of the molecule is COc1ccc(CN2CCNC(=O)C2CC(=O)N(C)CCN2CCCCC2)c(OC)c1. The number of benzene rings is 1. The topological polar surface area (TPSA) is 74.4 Å². The van der Waals surface area contributed by atoms with Crippen molar-refractivity contribution in [1.29, 1.82) is 0 Å². The third-order valence-electron chi connectivity index (χ3n) is 6.30. The van der Waals surface area contributed by atoms with Crippen LogP contribution >= 0.6 is 0 Å². The molecule has 1 N–H and O–H groups in total. The van der Waals surface area contributed by atoms with Crippen molar-refractivity contribution < 1.29 is 19.1 Å². The van der Waals surface area contributed by atoms with Crippen LogP contribution in [-0.4, -0.2) is 93.1 Å². The molecule has 2 aliphatic rings. The summed E-state index contributed by atoms with van der Waals surface area (Å²) in [6, 6.07) is 5.20. The molecule has 2 saturated heterocycles. The highest BCUT2D eigenvalue weighted by atomic mass is 16.5. The van der Waals surface area contributed by atoms with Gasteiger partial charge in [0.2, 0.25) is 11.8 Å². The lowest BCUT2D eigenvalue weighted by molar-refractivity contribution is -0.138. The normalized spacial score (nSPS) is 20.2. The van der Waals surface area contributed by atoms with Gasteiger partial charge < -0.3 is 24.6 Å². The van der Waals surface area contributed by atoms with E-state index in [-0.39, 0.29) is 18.2 Å². The Bertz CT molecular complexity index is 751. The highest BCUT2D eigenvalue weighted by Crippen LogP contribution is 2.27. The van der Waals surface area contributed by atoms with Crippen molar-refractivity contribution in [3.63, 3.8) is 0 Å². The van der Waals surface area contributed by atoms with Gasteiger partial charge >= 0.3 is 0 Å². The smallest absolute Gasteiger partial charge is 0.237 e. The first kappa shape index (κ1) is 23.3. The lowest BCUT2D eigenvalue weighted by Gasteiger charge is -2.36. The zero-order valence-corrected chi connectivity index (χ0v) is 19.1. The average Bonchev–Trinajstić information content (AvgIpc) is 2.80. The molecule has 2 fully saturated rings. The van der Waals surface area contributed by atoms with E-state index >= 15 is 0 Å². The quantitative estimate of drug-likeness (QED) is 0.635. The van der Waals surface area contributed by atoms with Crippen LogP contribution in [0.4, 0.5) is 0 Å². The molecule has 0 saturated carbocycles. The standard InChI is InChI=1S/C23H36N4O4/c1-25(13-14-26-10-5-4-6-11-26)22(28)16-20-23(29)24-9-12-27(20)17-18-7-8-19(30-2)15-21(18)31-3/h7-8,15,20H,4-6,9-14,16-17H2,1-3H3,(H,24,29). The van der Waals surface area contributed by atoms with Gasteiger partial charge in [0.25, 0.3) is 0 Å². The number of piperazine rings is 1. The molecule has 1 aromatic rings. The van der Waals surface area contributed by atoms with E-state index in [4.69, 9.17) is 9.47 Å². The molecule has 0 bridgehead atoms. The molecule has 8 nitrogen and oxygen atoms in total. The maximum atomic E-state index is 12.9. The molecule has 1 atom stereocenters. The van der Waals surface area contributed by atoms with E-state index in [0.29, 0.717) is 31.9 Å². The van der Waals surface area contributed by atoms with E-state index in [1.165, 1.54) is 19.3 Å². The molecular weight excluding hydrogens is 396 g/mol. The van der Waals surface area contributed by atoms with Crippen LogP contribution in [0.25, 0.3) is 0 Å². The third-order valence-corrected chi connectivity index (χ3v) is 6.30. The van der Waals surface area contributed by atoms with E-state index in [9.17, 15) is 9.59 Å². The second-order valence-corrected chi connectivity index (χ2v) is 8.38. The third kappa shape index (κ3) is 6.33. The Balaban J connectivity index is 1.61. The fourth-order valence-electron chi connectivity index (χ4n) is 4.29. The second-order valence-electron chi connectivity index (χ2n) is 8.38. The monoisotopic (exact) mass is 432 g/mol. The minimum atomic E-state index is -0.481. The fourth-order valence-corrected chi connectivity index (χ4v) is 4.29. The summed E-state index contributed by atoms with van der Waals surface area (Å²) in [6.07, 6.45) is 3.96. The van der Waals surface area contributed by atoms with Crippen LogP contribution in [-0.2, 0) is 16.1 Å². The molecule has 0 aromatic heterocycles. The maximum absolute atomic E-state index is 12.9. The summed E-state index contributed by atoms with van der Waals surface area (Å²) in [4.78, 5) is 31.8. The van der Waals surface area contributed by atoms with Crippen LogP contribution in [0.3, 0.4) is 0 Å². The molecule has 3 rings (SSSR count). The van der Waals surface area contributed by atoms with Gasteiger partial charge in [0.05, 0.1) is 26.7 Å². The first-order chi connectivity index (χ1) is 15.0. The maximum Gasteiger partial charge on any atom is 0.237 e. The summed E-state index contributed by atoms with van der Waals surface area (Å²) in [7, 11) is 5.08. The Hall–Kier alpha value is -2.32. The van der Waals surface area contributed by atoms with Crippen molar-refractivity contribution in [2.24, 2.45) is 0 Å². The van der Waals surface area contributed by atoms with Crippen LogP contribution in [0.5, 0.6) is 11.5 Å². The minimum Gasteiger partial charge on any atom is -0.497 e. The van der Waals surface area contributed by atoms with E-state index in [1.807, 2.05) is 25.2 Å². The summed E-state index contributed by atoms with van der Waals surface area (Å²) < 4.78 is 10.8. The molecule has 0 aliphatic carbocycles. The Morgan fingerprint density at radius 3 is 2.65 bits per heavy atom. The largest absolute Gasteiger partial charge is 0.497 e. The number of hydrogen-bond donors (Lipinski definition) is 1. The zero-order valence-electron chi connectivity index (χ0n) is 19.1. The predicted molar refractivity (Wildman–Crippen MR) is 119 cm³/mol. The van der Waals surface area contributed by atoms with E-state index in [2.05, 4.69) is 15.1 Å². The number of carbonyl (C=O) groups excluding carboxylic acids is 2. The number of likely N-dealkylation sites (tertiary alicyclic amines) is 1. The van der Waals surface area contributed by atoms with Gasteiger partial charge in [-0.3, -0.25) is 14.5 Å². The Morgan fingerprint density at radius 2 is 1.94 bits per heavy atom. The Labute approximate surface area is 185 Å². The first-order valence-electron chi connectivity index (χ1n) is 11.2.